The Morgan fingerprint density at radius 2 is 2.28 bits per heavy atom. The second-order valence-electron chi connectivity index (χ2n) is 5.09. The first-order valence-corrected chi connectivity index (χ1v) is 7.31. The first kappa shape index (κ1) is 11.9. The molecule has 1 atom stereocenters. The van der Waals surface area contributed by atoms with Crippen LogP contribution in [0.5, 0.6) is 0 Å². The molecule has 5 heteroatoms. The molecule has 0 aromatic carbocycles. The monoisotopic (exact) mass is 262 g/mol. The van der Waals surface area contributed by atoms with Gasteiger partial charge in [0.2, 0.25) is 0 Å². The lowest BCUT2D eigenvalue weighted by Gasteiger charge is -2.14. The number of aromatic nitrogens is 3. The summed E-state index contributed by atoms with van der Waals surface area (Å²) in [4.78, 5) is 4.45. The Morgan fingerprint density at radius 3 is 2.83 bits per heavy atom. The molecule has 1 aliphatic carbocycles. The second kappa shape index (κ2) is 4.82. The SMILES string of the molecule is CC(C)n1cc(C(NC2CC2)c2nccs2)cn1. The van der Waals surface area contributed by atoms with Gasteiger partial charge in [-0.15, -0.1) is 11.3 Å². The van der Waals surface area contributed by atoms with Gasteiger partial charge in [-0.05, 0) is 26.7 Å². The maximum Gasteiger partial charge on any atom is 0.114 e. The molecule has 0 radical (unpaired) electrons. The van der Waals surface area contributed by atoms with Gasteiger partial charge in [0.25, 0.3) is 0 Å². The number of nitrogens with one attached hydrogen (secondary N) is 1. The van der Waals surface area contributed by atoms with Crippen LogP contribution >= 0.6 is 11.3 Å². The summed E-state index contributed by atoms with van der Waals surface area (Å²) in [6.45, 7) is 4.28. The normalized spacial score (nSPS) is 17.3. The van der Waals surface area contributed by atoms with Gasteiger partial charge in [-0.3, -0.25) is 4.68 Å². The third kappa shape index (κ3) is 2.47. The van der Waals surface area contributed by atoms with Crippen LogP contribution < -0.4 is 5.32 Å². The summed E-state index contributed by atoms with van der Waals surface area (Å²) in [5, 5.41) is 11.2. The van der Waals surface area contributed by atoms with E-state index in [0.717, 1.165) is 5.01 Å². The van der Waals surface area contributed by atoms with Crippen LogP contribution in [0.15, 0.2) is 24.0 Å². The van der Waals surface area contributed by atoms with Crippen LogP contribution in [0, 0.1) is 0 Å². The lowest BCUT2D eigenvalue weighted by molar-refractivity contribution is 0.530. The smallest absolute Gasteiger partial charge is 0.114 e. The van der Waals surface area contributed by atoms with E-state index in [9.17, 15) is 0 Å². The molecule has 1 aliphatic rings. The topological polar surface area (TPSA) is 42.7 Å². The molecule has 2 aromatic rings. The van der Waals surface area contributed by atoms with Gasteiger partial charge >= 0.3 is 0 Å². The van der Waals surface area contributed by atoms with E-state index in [4.69, 9.17) is 0 Å². The Labute approximate surface area is 111 Å². The van der Waals surface area contributed by atoms with Gasteiger partial charge < -0.3 is 5.32 Å². The molecule has 0 saturated heterocycles. The van der Waals surface area contributed by atoms with Crippen LogP contribution in [0.25, 0.3) is 0 Å². The Kier molecular flexibility index (Phi) is 3.18. The minimum atomic E-state index is 0.199. The molecule has 0 bridgehead atoms. The molecule has 3 rings (SSSR count). The average molecular weight is 262 g/mol. The first-order valence-electron chi connectivity index (χ1n) is 6.43. The average Bonchev–Trinajstić information content (AvgIpc) is 2.87. The standard InChI is InChI=1S/C13H18N4S/c1-9(2)17-8-10(7-15-17)12(16-11-3-4-11)13-14-5-6-18-13/h5-9,11-12,16H,3-4H2,1-2H3. The van der Waals surface area contributed by atoms with E-state index in [1.807, 2.05) is 22.5 Å². The molecule has 1 fully saturated rings. The third-order valence-electron chi connectivity index (χ3n) is 3.16. The van der Waals surface area contributed by atoms with Gasteiger partial charge in [-0.25, -0.2) is 4.98 Å². The number of nitrogens with zero attached hydrogens (tertiary/aromatic N) is 3. The molecular weight excluding hydrogens is 244 g/mol. The molecule has 1 saturated carbocycles. The summed E-state index contributed by atoms with van der Waals surface area (Å²) >= 11 is 1.70. The van der Waals surface area contributed by atoms with Crippen LogP contribution in [0.3, 0.4) is 0 Å². The van der Waals surface area contributed by atoms with Crippen molar-refractivity contribution in [3.8, 4) is 0 Å². The summed E-state index contributed by atoms with van der Waals surface area (Å²) in [7, 11) is 0. The minimum Gasteiger partial charge on any atom is -0.301 e. The zero-order chi connectivity index (χ0) is 12.5. The van der Waals surface area contributed by atoms with Gasteiger partial charge in [-0.2, -0.15) is 5.10 Å². The predicted molar refractivity (Wildman–Crippen MR) is 72.7 cm³/mol. The molecule has 96 valence electrons. The van der Waals surface area contributed by atoms with Crippen LogP contribution in [0.2, 0.25) is 0 Å². The number of thiazole rings is 1. The summed E-state index contributed by atoms with van der Waals surface area (Å²) in [5.74, 6) is 0. The van der Waals surface area contributed by atoms with Crippen molar-refractivity contribution in [3.63, 3.8) is 0 Å². The molecular formula is C13H18N4S. The van der Waals surface area contributed by atoms with Crippen molar-refractivity contribution in [2.45, 2.75) is 44.8 Å². The lowest BCUT2D eigenvalue weighted by Crippen LogP contribution is -2.24. The first-order chi connectivity index (χ1) is 8.74. The van der Waals surface area contributed by atoms with Gasteiger partial charge in [-0.1, -0.05) is 0 Å². The maximum atomic E-state index is 4.45. The molecule has 0 spiro atoms. The Bertz CT molecular complexity index is 499. The predicted octanol–water partition coefficient (Wildman–Crippen LogP) is 2.76. The highest BCUT2D eigenvalue weighted by Gasteiger charge is 2.28. The van der Waals surface area contributed by atoms with E-state index in [-0.39, 0.29) is 6.04 Å². The fourth-order valence-electron chi connectivity index (χ4n) is 1.96. The van der Waals surface area contributed by atoms with E-state index < -0.39 is 0 Å². The molecule has 4 nitrogen and oxygen atoms in total. The van der Waals surface area contributed by atoms with Crippen LogP contribution in [-0.4, -0.2) is 20.8 Å². The quantitative estimate of drug-likeness (QED) is 0.901. The third-order valence-corrected chi connectivity index (χ3v) is 4.00. The Morgan fingerprint density at radius 1 is 1.44 bits per heavy atom. The van der Waals surface area contributed by atoms with Crippen LogP contribution in [0.1, 0.15) is 49.3 Å². The molecule has 1 N–H and O–H groups in total. The molecule has 0 aliphatic heterocycles. The van der Waals surface area contributed by atoms with Crippen molar-refractivity contribution in [3.05, 3.63) is 34.5 Å². The highest BCUT2D eigenvalue weighted by atomic mass is 32.1. The fourth-order valence-corrected chi connectivity index (χ4v) is 2.68. The molecule has 0 amide bonds. The molecule has 18 heavy (non-hydrogen) atoms. The van der Waals surface area contributed by atoms with E-state index in [0.29, 0.717) is 12.1 Å². The van der Waals surface area contributed by atoms with Crippen molar-refractivity contribution in [1.82, 2.24) is 20.1 Å². The zero-order valence-corrected chi connectivity index (χ0v) is 11.5. The van der Waals surface area contributed by atoms with Crippen LogP contribution in [0.4, 0.5) is 0 Å². The second-order valence-corrected chi connectivity index (χ2v) is 6.02. The summed E-state index contributed by atoms with van der Waals surface area (Å²) < 4.78 is 2.00. The minimum absolute atomic E-state index is 0.199. The largest absolute Gasteiger partial charge is 0.301 e. The van der Waals surface area contributed by atoms with Crippen molar-refractivity contribution >= 4 is 11.3 Å². The van der Waals surface area contributed by atoms with Gasteiger partial charge in [0.15, 0.2) is 0 Å². The molecule has 2 heterocycles. The number of hydrogen-bond acceptors (Lipinski definition) is 4. The van der Waals surface area contributed by atoms with E-state index in [1.165, 1.54) is 18.4 Å². The fraction of sp³-hybridized carbons (Fsp3) is 0.538. The van der Waals surface area contributed by atoms with E-state index >= 15 is 0 Å². The van der Waals surface area contributed by atoms with E-state index in [1.54, 1.807) is 11.3 Å². The Hall–Kier alpha value is -1.20. The molecule has 1 unspecified atom stereocenters. The highest BCUT2D eigenvalue weighted by molar-refractivity contribution is 7.09. The highest BCUT2D eigenvalue weighted by Crippen LogP contribution is 2.29. The van der Waals surface area contributed by atoms with Crippen molar-refractivity contribution in [2.75, 3.05) is 0 Å². The van der Waals surface area contributed by atoms with Gasteiger partial charge in [0.05, 0.1) is 12.2 Å². The number of rotatable bonds is 5. The maximum absolute atomic E-state index is 4.45. The summed E-state index contributed by atoms with van der Waals surface area (Å²) in [5.41, 5.74) is 1.21. The van der Waals surface area contributed by atoms with Crippen molar-refractivity contribution in [1.29, 1.82) is 0 Å². The summed E-state index contributed by atoms with van der Waals surface area (Å²) in [6, 6.07) is 1.25. The van der Waals surface area contributed by atoms with Gasteiger partial charge in [0, 0.05) is 35.4 Å². The van der Waals surface area contributed by atoms with Gasteiger partial charge in [0.1, 0.15) is 5.01 Å². The Balaban J connectivity index is 1.86. The van der Waals surface area contributed by atoms with Crippen molar-refractivity contribution in [2.24, 2.45) is 0 Å². The van der Waals surface area contributed by atoms with Crippen molar-refractivity contribution < 1.29 is 0 Å². The molecule has 2 aromatic heterocycles. The van der Waals surface area contributed by atoms with E-state index in [2.05, 4.69) is 35.4 Å². The number of hydrogen-bond donors (Lipinski definition) is 1. The van der Waals surface area contributed by atoms with Crippen LogP contribution in [-0.2, 0) is 0 Å². The summed E-state index contributed by atoms with van der Waals surface area (Å²) in [6.07, 6.45) is 8.52. The lowest BCUT2D eigenvalue weighted by atomic mass is 10.1. The zero-order valence-electron chi connectivity index (χ0n) is 10.7.